The maximum absolute atomic E-state index is 12.4. The van der Waals surface area contributed by atoms with Gasteiger partial charge in [-0.05, 0) is 24.6 Å². The van der Waals surface area contributed by atoms with Crippen LogP contribution in [0.25, 0.3) is 6.08 Å². The summed E-state index contributed by atoms with van der Waals surface area (Å²) in [4.78, 5) is 35.4. The van der Waals surface area contributed by atoms with Crippen molar-refractivity contribution in [3.8, 4) is 11.5 Å². The Kier molecular flexibility index (Phi) is 6.16. The van der Waals surface area contributed by atoms with E-state index in [2.05, 4.69) is 4.74 Å². The summed E-state index contributed by atoms with van der Waals surface area (Å²) >= 11 is 6.03. The summed E-state index contributed by atoms with van der Waals surface area (Å²) < 4.78 is 9.89. The standard InChI is InChI=1S/C15H14N2O7S2/c1-3-24-10-5-8(4-9(13(10)19)17(21)22)6-11-14(20)16(15(25)26-11)7-12(18)23-2/h4-6,19H,3,7H2,1-2H3. The first-order chi connectivity index (χ1) is 12.3. The molecule has 0 radical (unpaired) electrons. The van der Waals surface area contributed by atoms with Gasteiger partial charge in [0.2, 0.25) is 5.75 Å². The Morgan fingerprint density at radius 3 is 2.77 bits per heavy atom. The molecule has 0 spiro atoms. The van der Waals surface area contributed by atoms with Gasteiger partial charge in [-0.2, -0.15) is 0 Å². The first kappa shape index (κ1) is 19.7. The van der Waals surface area contributed by atoms with Crippen molar-refractivity contribution in [1.29, 1.82) is 0 Å². The molecule has 0 unspecified atom stereocenters. The van der Waals surface area contributed by atoms with Crippen LogP contribution in [0.4, 0.5) is 5.69 Å². The molecule has 0 aromatic heterocycles. The monoisotopic (exact) mass is 398 g/mol. The quantitative estimate of drug-likeness (QED) is 0.252. The van der Waals surface area contributed by atoms with Crippen LogP contribution in [0.3, 0.4) is 0 Å². The Morgan fingerprint density at radius 1 is 1.50 bits per heavy atom. The van der Waals surface area contributed by atoms with Gasteiger partial charge >= 0.3 is 11.7 Å². The highest BCUT2D eigenvalue weighted by molar-refractivity contribution is 8.26. The van der Waals surface area contributed by atoms with E-state index in [0.717, 1.165) is 22.7 Å². The molecule has 0 saturated carbocycles. The first-order valence-electron chi connectivity index (χ1n) is 7.24. The van der Waals surface area contributed by atoms with Crippen LogP contribution in [-0.2, 0) is 14.3 Å². The van der Waals surface area contributed by atoms with Crippen molar-refractivity contribution >= 4 is 51.9 Å². The van der Waals surface area contributed by atoms with E-state index in [4.69, 9.17) is 17.0 Å². The number of benzene rings is 1. The minimum Gasteiger partial charge on any atom is -0.500 e. The molecule has 2 rings (SSSR count). The SMILES string of the molecule is CCOc1cc(C=C2SC(=S)N(CC(=O)OC)C2=O)cc([N+](=O)[O-])c1O. The van der Waals surface area contributed by atoms with Crippen molar-refractivity contribution in [2.45, 2.75) is 6.92 Å². The van der Waals surface area contributed by atoms with Crippen LogP contribution in [0.15, 0.2) is 17.0 Å². The van der Waals surface area contributed by atoms with E-state index in [0.29, 0.717) is 0 Å². The van der Waals surface area contributed by atoms with E-state index in [1.165, 1.54) is 19.3 Å². The number of nitro benzene ring substituents is 1. The molecule has 9 nitrogen and oxygen atoms in total. The number of nitrogens with zero attached hydrogens (tertiary/aromatic N) is 2. The second-order valence-electron chi connectivity index (χ2n) is 4.92. The van der Waals surface area contributed by atoms with E-state index in [1.54, 1.807) is 6.92 Å². The number of nitro groups is 1. The molecule has 1 heterocycles. The number of methoxy groups -OCH3 is 1. The van der Waals surface area contributed by atoms with Crippen LogP contribution in [-0.4, -0.2) is 51.4 Å². The van der Waals surface area contributed by atoms with Crippen molar-refractivity contribution in [3.63, 3.8) is 0 Å². The fourth-order valence-electron chi connectivity index (χ4n) is 2.08. The van der Waals surface area contributed by atoms with Gasteiger partial charge in [0.25, 0.3) is 5.91 Å². The number of phenolic OH excluding ortho intramolecular Hbond substituents is 1. The third kappa shape index (κ3) is 4.11. The average Bonchev–Trinajstić information content (AvgIpc) is 2.84. The molecule has 0 bridgehead atoms. The van der Waals surface area contributed by atoms with Gasteiger partial charge in [-0.1, -0.05) is 24.0 Å². The lowest BCUT2D eigenvalue weighted by atomic mass is 10.1. The molecule has 26 heavy (non-hydrogen) atoms. The molecule has 1 aromatic rings. The number of hydrogen-bond acceptors (Lipinski definition) is 9. The maximum atomic E-state index is 12.4. The van der Waals surface area contributed by atoms with Crippen LogP contribution in [0.5, 0.6) is 11.5 Å². The molecule has 1 aromatic carbocycles. The predicted molar refractivity (Wildman–Crippen MR) is 97.8 cm³/mol. The number of aromatic hydroxyl groups is 1. The third-order valence-electron chi connectivity index (χ3n) is 3.26. The van der Waals surface area contributed by atoms with Gasteiger partial charge in [0, 0.05) is 6.07 Å². The summed E-state index contributed by atoms with van der Waals surface area (Å²) in [6, 6.07) is 2.49. The molecule has 1 aliphatic rings. The Hall–Kier alpha value is -2.66. The third-order valence-corrected chi connectivity index (χ3v) is 4.64. The minimum atomic E-state index is -0.752. The highest BCUT2D eigenvalue weighted by Gasteiger charge is 2.34. The molecule has 1 aliphatic heterocycles. The fourth-order valence-corrected chi connectivity index (χ4v) is 3.34. The lowest BCUT2D eigenvalue weighted by molar-refractivity contribution is -0.386. The summed E-state index contributed by atoms with van der Waals surface area (Å²) in [6.07, 6.45) is 1.38. The van der Waals surface area contributed by atoms with Crippen molar-refractivity contribution < 1.29 is 29.1 Å². The number of esters is 1. The molecule has 138 valence electrons. The number of ether oxygens (including phenoxy) is 2. The molecule has 0 atom stereocenters. The number of thiocarbonyl (C=S) groups is 1. The molecular formula is C15H14N2O7S2. The Balaban J connectivity index is 2.40. The summed E-state index contributed by atoms with van der Waals surface area (Å²) in [5, 5.41) is 21.0. The summed E-state index contributed by atoms with van der Waals surface area (Å²) in [5.74, 6) is -1.80. The lowest BCUT2D eigenvalue weighted by Gasteiger charge is -2.11. The van der Waals surface area contributed by atoms with Crippen LogP contribution in [0, 0.1) is 10.1 Å². The number of thioether (sulfide) groups is 1. The van der Waals surface area contributed by atoms with E-state index in [9.17, 15) is 24.8 Å². The van der Waals surface area contributed by atoms with Crippen LogP contribution < -0.4 is 4.74 Å². The smallest absolute Gasteiger partial charge is 0.325 e. The molecule has 1 amide bonds. The molecule has 1 N–H and O–H groups in total. The Bertz CT molecular complexity index is 822. The zero-order chi connectivity index (χ0) is 19.4. The van der Waals surface area contributed by atoms with Gasteiger partial charge in [-0.3, -0.25) is 24.6 Å². The number of amides is 1. The van der Waals surface area contributed by atoms with Gasteiger partial charge in [0.1, 0.15) is 10.9 Å². The highest BCUT2D eigenvalue weighted by atomic mass is 32.2. The predicted octanol–water partition coefficient (Wildman–Crippen LogP) is 2.07. The van der Waals surface area contributed by atoms with Gasteiger partial charge in [0.15, 0.2) is 5.75 Å². The van der Waals surface area contributed by atoms with E-state index in [1.807, 2.05) is 0 Å². The van der Waals surface area contributed by atoms with E-state index < -0.39 is 28.2 Å². The summed E-state index contributed by atoms with van der Waals surface area (Å²) in [7, 11) is 1.20. The first-order valence-corrected chi connectivity index (χ1v) is 8.47. The number of rotatable bonds is 6. The number of phenols is 1. The second-order valence-corrected chi connectivity index (χ2v) is 6.60. The second kappa shape index (κ2) is 8.15. The molecule has 11 heteroatoms. The normalized spacial score (nSPS) is 15.5. The van der Waals surface area contributed by atoms with Crippen LogP contribution in [0.1, 0.15) is 12.5 Å². The van der Waals surface area contributed by atoms with Crippen molar-refractivity contribution in [3.05, 3.63) is 32.7 Å². The van der Waals surface area contributed by atoms with Gasteiger partial charge in [-0.25, -0.2) is 0 Å². The van der Waals surface area contributed by atoms with Crippen LogP contribution >= 0.6 is 24.0 Å². The number of hydrogen-bond donors (Lipinski definition) is 1. The highest BCUT2D eigenvalue weighted by Crippen LogP contribution is 2.39. The summed E-state index contributed by atoms with van der Waals surface area (Å²) in [5.41, 5.74) is -0.274. The average molecular weight is 398 g/mol. The van der Waals surface area contributed by atoms with E-state index >= 15 is 0 Å². The lowest BCUT2D eigenvalue weighted by Crippen LogP contribution is -2.33. The van der Waals surface area contributed by atoms with Gasteiger partial charge < -0.3 is 14.6 Å². The van der Waals surface area contributed by atoms with Crippen molar-refractivity contribution in [2.75, 3.05) is 20.3 Å². The number of carbonyl (C=O) groups excluding carboxylic acids is 2. The van der Waals surface area contributed by atoms with Crippen LogP contribution in [0.2, 0.25) is 0 Å². The molecule has 1 saturated heterocycles. The molecule has 1 fully saturated rings. The van der Waals surface area contributed by atoms with Gasteiger partial charge in [-0.15, -0.1) is 0 Å². The zero-order valence-corrected chi connectivity index (χ0v) is 15.4. The Labute approximate surface area is 157 Å². The molecular weight excluding hydrogens is 384 g/mol. The Morgan fingerprint density at radius 2 is 2.19 bits per heavy atom. The summed E-state index contributed by atoms with van der Waals surface area (Å²) in [6.45, 7) is 1.53. The molecule has 0 aliphatic carbocycles. The minimum absolute atomic E-state index is 0.0713. The number of carbonyl (C=O) groups is 2. The largest absolute Gasteiger partial charge is 0.500 e. The van der Waals surface area contributed by atoms with Crippen molar-refractivity contribution in [1.82, 2.24) is 4.90 Å². The maximum Gasteiger partial charge on any atom is 0.325 e. The van der Waals surface area contributed by atoms with Gasteiger partial charge in [0.05, 0.1) is 23.5 Å². The topological polar surface area (TPSA) is 119 Å². The van der Waals surface area contributed by atoms with E-state index in [-0.39, 0.29) is 33.7 Å². The fraction of sp³-hybridized carbons (Fsp3) is 0.267. The van der Waals surface area contributed by atoms with Crippen molar-refractivity contribution in [2.24, 2.45) is 0 Å². The zero-order valence-electron chi connectivity index (χ0n) is 13.8.